The summed E-state index contributed by atoms with van der Waals surface area (Å²) >= 11 is 0. The molecule has 0 aliphatic carbocycles. The fraction of sp³-hybridized carbons (Fsp3) is 0.545. The van der Waals surface area contributed by atoms with Gasteiger partial charge < -0.3 is 20.5 Å². The molecule has 2 aliphatic rings. The Kier molecular flexibility index (Phi) is 6.64. The Labute approximate surface area is 189 Å². The molecule has 0 radical (unpaired) electrons. The van der Waals surface area contributed by atoms with Gasteiger partial charge in [0.25, 0.3) is 0 Å². The summed E-state index contributed by atoms with van der Waals surface area (Å²) in [6.07, 6.45) is 4.76. The van der Waals surface area contributed by atoms with Crippen LogP contribution in [0.3, 0.4) is 0 Å². The third-order valence-electron chi connectivity index (χ3n) is 6.65. The number of fused-ring (bicyclic) bond motifs is 2. The van der Waals surface area contributed by atoms with Crippen molar-refractivity contribution in [3.05, 3.63) is 35.8 Å². The Morgan fingerprint density at radius 1 is 1.38 bits per heavy atom. The van der Waals surface area contributed by atoms with E-state index >= 15 is 0 Å². The molecular formula is C22H30FN5O3S. The van der Waals surface area contributed by atoms with Crippen LogP contribution >= 0.6 is 0 Å². The van der Waals surface area contributed by atoms with Crippen LogP contribution in [0.15, 0.2) is 24.4 Å². The Morgan fingerprint density at radius 3 is 2.84 bits per heavy atom. The molecule has 1 aromatic carbocycles. The van der Waals surface area contributed by atoms with Crippen LogP contribution in [0.5, 0.6) is 0 Å². The van der Waals surface area contributed by atoms with Gasteiger partial charge in [-0.15, -0.1) is 0 Å². The minimum atomic E-state index is -1.18. The lowest BCUT2D eigenvalue weighted by molar-refractivity contribution is -0.137. The van der Waals surface area contributed by atoms with Crippen molar-refractivity contribution in [2.24, 2.45) is 0 Å². The molecule has 2 amide bonds. The van der Waals surface area contributed by atoms with Crippen LogP contribution in [0.2, 0.25) is 0 Å². The number of aromatic nitrogens is 1. The minimum absolute atomic E-state index is 0.0225. The molecule has 2 saturated heterocycles. The number of amides is 2. The van der Waals surface area contributed by atoms with E-state index in [2.05, 4.69) is 15.6 Å². The van der Waals surface area contributed by atoms with E-state index in [4.69, 9.17) is 0 Å². The molecule has 0 saturated carbocycles. The number of halogens is 1. The Balaban J connectivity index is 1.66. The minimum Gasteiger partial charge on any atom is -0.361 e. The number of benzene rings is 1. The number of hydrogen-bond donors (Lipinski definition) is 3. The molecule has 0 spiro atoms. The highest BCUT2D eigenvalue weighted by molar-refractivity contribution is 7.81. The first kappa shape index (κ1) is 22.9. The first-order valence-corrected chi connectivity index (χ1v) is 12.5. The first-order valence-electron chi connectivity index (χ1n) is 11.0. The summed E-state index contributed by atoms with van der Waals surface area (Å²) in [5.41, 5.74) is 1.70. The summed E-state index contributed by atoms with van der Waals surface area (Å²) in [5, 5.41) is 6.54. The third-order valence-corrected chi connectivity index (χ3v) is 7.73. The molecule has 0 bridgehead atoms. The second-order valence-electron chi connectivity index (χ2n) is 8.50. The van der Waals surface area contributed by atoms with Gasteiger partial charge in [0, 0.05) is 48.4 Å². The van der Waals surface area contributed by atoms with E-state index in [-0.39, 0.29) is 42.2 Å². The number of nitrogens with zero attached hydrogens (tertiary/aromatic N) is 2. The zero-order chi connectivity index (χ0) is 23.0. The third kappa shape index (κ3) is 4.06. The van der Waals surface area contributed by atoms with Gasteiger partial charge in [-0.25, -0.2) is 12.9 Å². The van der Waals surface area contributed by atoms with E-state index in [9.17, 15) is 18.2 Å². The van der Waals surface area contributed by atoms with Gasteiger partial charge in [0.05, 0.1) is 23.6 Å². The lowest BCUT2D eigenvalue weighted by Crippen LogP contribution is -2.52. The van der Waals surface area contributed by atoms with Crippen molar-refractivity contribution in [2.45, 2.75) is 43.8 Å². The molecule has 4 rings (SSSR count). The molecule has 3 N–H and O–H groups in total. The normalized spacial score (nSPS) is 25.1. The Bertz CT molecular complexity index is 1040. The van der Waals surface area contributed by atoms with Crippen LogP contribution in [-0.4, -0.2) is 81.3 Å². The predicted octanol–water partition coefficient (Wildman–Crippen LogP) is 1.08. The number of likely N-dealkylation sites (tertiary alicyclic amines) is 1. The quantitative estimate of drug-likeness (QED) is 0.573. The van der Waals surface area contributed by atoms with Crippen molar-refractivity contribution in [1.29, 1.82) is 0 Å². The highest BCUT2D eigenvalue weighted by Crippen LogP contribution is 2.43. The van der Waals surface area contributed by atoms with Crippen LogP contribution < -0.4 is 10.6 Å². The number of carbonyl (C=O) groups excluding carboxylic acids is 2. The van der Waals surface area contributed by atoms with Crippen LogP contribution in [0.4, 0.5) is 4.39 Å². The molecule has 8 nitrogen and oxygen atoms in total. The van der Waals surface area contributed by atoms with Crippen molar-refractivity contribution < 1.29 is 18.2 Å². The molecule has 4 unspecified atom stereocenters. The number of rotatable bonds is 7. The predicted molar refractivity (Wildman–Crippen MR) is 122 cm³/mol. The fourth-order valence-corrected chi connectivity index (χ4v) is 6.23. The highest BCUT2D eigenvalue weighted by Gasteiger charge is 2.52. The van der Waals surface area contributed by atoms with E-state index < -0.39 is 17.0 Å². The number of hydrogen-bond acceptors (Lipinski definition) is 4. The lowest BCUT2D eigenvalue weighted by atomic mass is 9.91. The number of likely N-dealkylation sites (N-methyl/N-ethyl adjacent to an activating group) is 1. The van der Waals surface area contributed by atoms with E-state index in [1.807, 2.05) is 22.3 Å². The largest absolute Gasteiger partial charge is 0.361 e. The lowest BCUT2D eigenvalue weighted by Gasteiger charge is -2.31. The van der Waals surface area contributed by atoms with Gasteiger partial charge >= 0.3 is 0 Å². The van der Waals surface area contributed by atoms with E-state index in [0.717, 1.165) is 17.4 Å². The van der Waals surface area contributed by atoms with Gasteiger partial charge in [-0.3, -0.25) is 9.59 Å². The molecule has 32 heavy (non-hydrogen) atoms. The molecule has 174 valence electrons. The van der Waals surface area contributed by atoms with Crippen molar-refractivity contribution in [1.82, 2.24) is 24.8 Å². The highest BCUT2D eigenvalue weighted by atomic mass is 32.2. The zero-order valence-corrected chi connectivity index (χ0v) is 19.4. The summed E-state index contributed by atoms with van der Waals surface area (Å²) in [5.74, 6) is -0.710. The molecule has 5 atom stereocenters. The smallest absolute Gasteiger partial charge is 0.245 e. The van der Waals surface area contributed by atoms with Gasteiger partial charge in [0.2, 0.25) is 11.8 Å². The zero-order valence-electron chi connectivity index (χ0n) is 18.6. The van der Waals surface area contributed by atoms with E-state index in [1.54, 1.807) is 19.4 Å². The van der Waals surface area contributed by atoms with Crippen molar-refractivity contribution >= 4 is 33.7 Å². The first-order chi connectivity index (χ1) is 15.3. The fourth-order valence-electron chi connectivity index (χ4n) is 5.24. The summed E-state index contributed by atoms with van der Waals surface area (Å²) in [7, 11) is 0.507. The average Bonchev–Trinajstić information content (AvgIpc) is 3.45. The van der Waals surface area contributed by atoms with Crippen molar-refractivity contribution in [2.75, 3.05) is 32.9 Å². The Morgan fingerprint density at radius 2 is 2.16 bits per heavy atom. The van der Waals surface area contributed by atoms with Gasteiger partial charge in [-0.05, 0) is 43.7 Å². The van der Waals surface area contributed by atoms with Gasteiger partial charge in [0.15, 0.2) is 0 Å². The number of H-pyrrole nitrogens is 1. The maximum atomic E-state index is 13.7. The monoisotopic (exact) mass is 463 g/mol. The second kappa shape index (κ2) is 9.29. The maximum Gasteiger partial charge on any atom is 0.245 e. The molecule has 2 aliphatic heterocycles. The van der Waals surface area contributed by atoms with Crippen LogP contribution in [-0.2, 0) is 20.6 Å². The average molecular weight is 464 g/mol. The molecule has 3 heterocycles. The molecule has 1 aromatic heterocycles. The van der Waals surface area contributed by atoms with E-state index in [0.29, 0.717) is 25.0 Å². The standard InChI is InChI=1S/C22H30FN5O3S/c1-4-17(26-20(29)11-24-2)22(30)27-8-7-19-21(27)16(12-28(19)32(3)31)15-10-25-18-9-13(23)5-6-14(15)18/h5-6,9-10,16-17,19,21,24-25H,4,7-8,11-12H2,1-3H3,(H,26,29)/t16-,17?,19?,21?,32?/m1/s1. The summed E-state index contributed by atoms with van der Waals surface area (Å²) < 4.78 is 28.2. The van der Waals surface area contributed by atoms with E-state index in [1.165, 1.54) is 12.1 Å². The van der Waals surface area contributed by atoms with Crippen molar-refractivity contribution in [3.63, 3.8) is 0 Å². The SMILES string of the molecule is CCC(NC(=O)CNC)C(=O)N1CCC2C1[C@@H](c1c[nH]c3cc(F)ccc13)CN2S(C)=O. The molecule has 10 heteroatoms. The van der Waals surface area contributed by atoms with Gasteiger partial charge in [-0.2, -0.15) is 0 Å². The molecule has 2 aromatic rings. The number of nitrogens with one attached hydrogen (secondary N) is 3. The molecular weight excluding hydrogens is 433 g/mol. The van der Waals surface area contributed by atoms with Crippen molar-refractivity contribution in [3.8, 4) is 0 Å². The van der Waals surface area contributed by atoms with Gasteiger partial charge in [0.1, 0.15) is 11.9 Å². The van der Waals surface area contributed by atoms with Crippen LogP contribution in [0, 0.1) is 5.82 Å². The van der Waals surface area contributed by atoms with Gasteiger partial charge in [-0.1, -0.05) is 6.92 Å². The summed E-state index contributed by atoms with van der Waals surface area (Å²) in [6, 6.07) is 3.86. The molecule has 2 fully saturated rings. The summed E-state index contributed by atoms with van der Waals surface area (Å²) in [6.45, 7) is 3.12. The maximum absolute atomic E-state index is 13.7. The second-order valence-corrected chi connectivity index (χ2v) is 9.82. The summed E-state index contributed by atoms with van der Waals surface area (Å²) in [4.78, 5) is 30.6. The Hall–Kier alpha value is -2.30. The van der Waals surface area contributed by atoms with Crippen LogP contribution in [0.1, 0.15) is 31.2 Å². The number of carbonyl (C=O) groups is 2. The van der Waals surface area contributed by atoms with Crippen LogP contribution in [0.25, 0.3) is 10.9 Å². The number of aromatic amines is 1. The topological polar surface area (TPSA) is 97.5 Å².